The Balaban J connectivity index is 2.21. The second-order valence-corrected chi connectivity index (χ2v) is 4.77. The molecule has 4 nitrogen and oxygen atoms in total. The molecule has 0 bridgehead atoms. The van der Waals surface area contributed by atoms with Gasteiger partial charge in [0.25, 0.3) is 5.91 Å². The summed E-state index contributed by atoms with van der Waals surface area (Å²) in [4.78, 5) is 25.4. The number of carbonyl (C=O) groups is 1. The molecule has 0 atom stereocenters. The van der Waals surface area contributed by atoms with Crippen LogP contribution < -0.4 is 10.9 Å². The predicted octanol–water partition coefficient (Wildman–Crippen LogP) is 3.04. The van der Waals surface area contributed by atoms with Crippen molar-refractivity contribution >= 4 is 39.1 Å². The zero-order chi connectivity index (χ0) is 13.1. The van der Waals surface area contributed by atoms with E-state index in [0.29, 0.717) is 10.7 Å². The molecule has 92 valence electrons. The fourth-order valence-corrected chi connectivity index (χ4v) is 1.78. The van der Waals surface area contributed by atoms with Gasteiger partial charge in [-0.05, 0) is 40.2 Å². The zero-order valence-electron chi connectivity index (χ0n) is 9.04. The van der Waals surface area contributed by atoms with E-state index in [1.807, 2.05) is 0 Å². The monoisotopic (exact) mass is 326 g/mol. The van der Waals surface area contributed by atoms with E-state index in [1.165, 1.54) is 18.2 Å². The molecule has 1 heterocycles. The third-order valence-corrected chi connectivity index (χ3v) is 3.42. The number of anilines is 1. The van der Waals surface area contributed by atoms with Gasteiger partial charge in [0.1, 0.15) is 5.69 Å². The maximum absolute atomic E-state index is 11.8. The Bertz CT molecular complexity index is 655. The minimum absolute atomic E-state index is 0.196. The van der Waals surface area contributed by atoms with E-state index in [0.717, 1.165) is 4.47 Å². The number of hydrogen-bond acceptors (Lipinski definition) is 2. The Morgan fingerprint density at radius 2 is 2.06 bits per heavy atom. The average molecular weight is 328 g/mol. The van der Waals surface area contributed by atoms with Crippen LogP contribution in [-0.4, -0.2) is 10.9 Å². The van der Waals surface area contributed by atoms with Gasteiger partial charge in [-0.15, -0.1) is 0 Å². The molecule has 1 aromatic heterocycles. The highest BCUT2D eigenvalue weighted by atomic mass is 79.9. The highest BCUT2D eigenvalue weighted by Crippen LogP contribution is 2.25. The van der Waals surface area contributed by atoms with E-state index < -0.39 is 5.91 Å². The summed E-state index contributed by atoms with van der Waals surface area (Å²) in [5.41, 5.74) is 0.427. The molecule has 6 heteroatoms. The Kier molecular flexibility index (Phi) is 3.84. The second kappa shape index (κ2) is 5.37. The molecule has 0 unspecified atom stereocenters. The lowest BCUT2D eigenvalue weighted by Gasteiger charge is -2.06. The van der Waals surface area contributed by atoms with E-state index in [2.05, 4.69) is 26.2 Å². The number of rotatable bonds is 2. The first kappa shape index (κ1) is 12.9. The number of halogens is 2. The van der Waals surface area contributed by atoms with Crippen molar-refractivity contribution in [2.45, 2.75) is 0 Å². The van der Waals surface area contributed by atoms with Gasteiger partial charge in [-0.2, -0.15) is 0 Å². The van der Waals surface area contributed by atoms with Crippen LogP contribution in [0.2, 0.25) is 5.02 Å². The summed E-state index contributed by atoms with van der Waals surface area (Å²) >= 11 is 9.17. The van der Waals surface area contributed by atoms with Crippen LogP contribution in [0.15, 0.2) is 45.7 Å². The number of H-pyrrole nitrogens is 1. The smallest absolute Gasteiger partial charge is 0.272 e. The number of carbonyl (C=O) groups excluding carboxylic acids is 1. The highest BCUT2D eigenvalue weighted by Gasteiger charge is 2.07. The molecule has 1 aromatic carbocycles. The molecule has 1 amide bonds. The van der Waals surface area contributed by atoms with E-state index in [1.54, 1.807) is 18.2 Å². The van der Waals surface area contributed by atoms with E-state index in [9.17, 15) is 9.59 Å². The molecule has 0 saturated heterocycles. The van der Waals surface area contributed by atoms with Gasteiger partial charge in [0, 0.05) is 16.2 Å². The molecule has 0 aliphatic carbocycles. The normalized spacial score (nSPS) is 10.1. The van der Waals surface area contributed by atoms with Crippen LogP contribution in [0.4, 0.5) is 5.69 Å². The first-order valence-corrected chi connectivity index (χ1v) is 6.19. The van der Waals surface area contributed by atoms with Crippen molar-refractivity contribution in [3.05, 3.63) is 61.9 Å². The summed E-state index contributed by atoms with van der Waals surface area (Å²) in [5, 5.41) is 3.13. The molecule has 0 saturated carbocycles. The van der Waals surface area contributed by atoms with Crippen molar-refractivity contribution in [1.29, 1.82) is 0 Å². The molecule has 0 spiro atoms. The van der Waals surface area contributed by atoms with E-state index >= 15 is 0 Å². The fourth-order valence-electron chi connectivity index (χ4n) is 1.35. The molecular weight excluding hydrogens is 320 g/mol. The van der Waals surface area contributed by atoms with Gasteiger partial charge >= 0.3 is 0 Å². The SMILES string of the molecule is O=C(Nc1ccc(Br)c(Cl)c1)c1cccc(=O)[nH]1. The first-order chi connectivity index (χ1) is 8.56. The van der Waals surface area contributed by atoms with Crippen LogP contribution in [0, 0.1) is 0 Å². The molecule has 0 radical (unpaired) electrons. The number of nitrogens with one attached hydrogen (secondary N) is 2. The van der Waals surface area contributed by atoms with Gasteiger partial charge in [0.05, 0.1) is 5.02 Å². The Morgan fingerprint density at radius 3 is 2.72 bits per heavy atom. The minimum Gasteiger partial charge on any atom is -0.321 e. The van der Waals surface area contributed by atoms with Crippen LogP contribution in [0.1, 0.15) is 10.5 Å². The maximum Gasteiger partial charge on any atom is 0.272 e. The third kappa shape index (κ3) is 3.00. The van der Waals surface area contributed by atoms with Gasteiger partial charge in [-0.3, -0.25) is 9.59 Å². The van der Waals surface area contributed by atoms with Gasteiger partial charge in [-0.25, -0.2) is 0 Å². The highest BCUT2D eigenvalue weighted by molar-refractivity contribution is 9.10. The standard InChI is InChI=1S/C12H8BrClN2O2/c13-8-5-4-7(6-9(8)14)15-12(18)10-2-1-3-11(17)16-10/h1-6H,(H,15,18)(H,16,17). The van der Waals surface area contributed by atoms with Crippen LogP contribution in [0.25, 0.3) is 0 Å². The molecule has 18 heavy (non-hydrogen) atoms. The number of benzene rings is 1. The lowest BCUT2D eigenvalue weighted by atomic mass is 10.3. The van der Waals surface area contributed by atoms with Crippen molar-refractivity contribution in [2.75, 3.05) is 5.32 Å². The van der Waals surface area contributed by atoms with Gasteiger partial charge < -0.3 is 10.3 Å². The van der Waals surface area contributed by atoms with Crippen molar-refractivity contribution in [3.63, 3.8) is 0 Å². The predicted molar refractivity (Wildman–Crippen MR) is 74.2 cm³/mol. The lowest BCUT2D eigenvalue weighted by Crippen LogP contribution is -2.17. The lowest BCUT2D eigenvalue weighted by molar-refractivity contribution is 0.102. The van der Waals surface area contributed by atoms with E-state index in [4.69, 9.17) is 11.6 Å². The van der Waals surface area contributed by atoms with Crippen LogP contribution in [0.5, 0.6) is 0 Å². The first-order valence-electron chi connectivity index (χ1n) is 5.02. The Morgan fingerprint density at radius 1 is 1.28 bits per heavy atom. The minimum atomic E-state index is -0.397. The van der Waals surface area contributed by atoms with Crippen molar-refractivity contribution in [2.24, 2.45) is 0 Å². The summed E-state index contributed by atoms with van der Waals surface area (Å²) in [5.74, 6) is -0.397. The van der Waals surface area contributed by atoms with Gasteiger partial charge in [0.2, 0.25) is 5.56 Å². The largest absolute Gasteiger partial charge is 0.321 e. The third-order valence-electron chi connectivity index (χ3n) is 2.19. The van der Waals surface area contributed by atoms with Gasteiger partial charge in [-0.1, -0.05) is 17.7 Å². The van der Waals surface area contributed by atoms with Crippen LogP contribution in [-0.2, 0) is 0 Å². The zero-order valence-corrected chi connectivity index (χ0v) is 11.4. The topological polar surface area (TPSA) is 62.0 Å². The fraction of sp³-hybridized carbons (Fsp3) is 0. The van der Waals surface area contributed by atoms with Gasteiger partial charge in [0.15, 0.2) is 0 Å². The summed E-state index contributed by atoms with van der Waals surface area (Å²) < 4.78 is 0.746. The van der Waals surface area contributed by atoms with Crippen molar-refractivity contribution < 1.29 is 4.79 Å². The van der Waals surface area contributed by atoms with Crippen molar-refractivity contribution in [3.8, 4) is 0 Å². The second-order valence-electron chi connectivity index (χ2n) is 3.51. The van der Waals surface area contributed by atoms with Crippen LogP contribution >= 0.6 is 27.5 Å². The summed E-state index contributed by atoms with van der Waals surface area (Å²) in [6, 6.07) is 9.43. The number of amides is 1. The molecule has 0 aliphatic rings. The number of pyridine rings is 1. The van der Waals surface area contributed by atoms with Crippen molar-refractivity contribution in [1.82, 2.24) is 4.98 Å². The molecule has 0 aliphatic heterocycles. The molecule has 2 aromatic rings. The summed E-state index contributed by atoms with van der Waals surface area (Å²) in [7, 11) is 0. The quantitative estimate of drug-likeness (QED) is 0.890. The molecular formula is C12H8BrClN2O2. The summed E-state index contributed by atoms with van der Waals surface area (Å²) in [6.07, 6.45) is 0. The van der Waals surface area contributed by atoms with Crippen LogP contribution in [0.3, 0.4) is 0 Å². The molecule has 2 N–H and O–H groups in total. The average Bonchev–Trinajstić information content (AvgIpc) is 2.34. The number of aromatic amines is 1. The number of aromatic nitrogens is 1. The molecule has 2 rings (SSSR count). The van der Waals surface area contributed by atoms with E-state index in [-0.39, 0.29) is 11.3 Å². The maximum atomic E-state index is 11.8. The molecule has 0 fully saturated rings. The number of hydrogen-bond donors (Lipinski definition) is 2. The summed E-state index contributed by atoms with van der Waals surface area (Å²) in [6.45, 7) is 0. The Labute approximate surface area is 116 Å². The Hall–Kier alpha value is -1.59.